The number of allylic oxidation sites excluding steroid dienone is 4. The van der Waals surface area contributed by atoms with Gasteiger partial charge in [0.2, 0.25) is 0 Å². The van der Waals surface area contributed by atoms with Gasteiger partial charge in [-0.3, -0.25) is 0 Å². The highest BCUT2D eigenvalue weighted by molar-refractivity contribution is 5.26. The van der Waals surface area contributed by atoms with Gasteiger partial charge < -0.3 is 15.3 Å². The standard InChI is InChI=1S/C29H48O3/c1-6-9-23-26(30)18-21(19-27(23)31)12-13-22-11-8-17-29(5)24(14-15-25(22)29)20(2)10-7-16-28(3,4)32/h6,12-13,20,23-27,30-32H,1,7-11,14-19H2,2-5H3/b21-12?,22-13+/t20-,23?,24-,25-,26-,27-,29-/m1/s1. The van der Waals surface area contributed by atoms with Gasteiger partial charge >= 0.3 is 0 Å². The van der Waals surface area contributed by atoms with Crippen LogP contribution in [-0.2, 0) is 0 Å². The topological polar surface area (TPSA) is 60.7 Å². The Balaban J connectivity index is 1.66. The molecule has 3 saturated carbocycles. The first-order valence-electron chi connectivity index (χ1n) is 13.1. The molecule has 0 unspecified atom stereocenters. The van der Waals surface area contributed by atoms with Crippen LogP contribution in [0, 0.1) is 29.1 Å². The van der Waals surface area contributed by atoms with E-state index in [4.69, 9.17) is 0 Å². The Morgan fingerprint density at radius 3 is 2.47 bits per heavy atom. The van der Waals surface area contributed by atoms with Crippen LogP contribution in [0.2, 0.25) is 0 Å². The number of fused-ring (bicyclic) bond motifs is 1. The van der Waals surface area contributed by atoms with Crippen LogP contribution in [0.25, 0.3) is 0 Å². The third-order valence-electron chi connectivity index (χ3n) is 9.08. The van der Waals surface area contributed by atoms with E-state index in [2.05, 4.69) is 32.6 Å². The zero-order valence-electron chi connectivity index (χ0n) is 21.0. The summed E-state index contributed by atoms with van der Waals surface area (Å²) in [4.78, 5) is 0. The summed E-state index contributed by atoms with van der Waals surface area (Å²) in [7, 11) is 0. The monoisotopic (exact) mass is 444 g/mol. The highest BCUT2D eigenvalue weighted by atomic mass is 16.3. The van der Waals surface area contributed by atoms with Gasteiger partial charge in [-0.25, -0.2) is 0 Å². The number of hydrogen-bond acceptors (Lipinski definition) is 3. The van der Waals surface area contributed by atoms with Crippen LogP contribution in [0.4, 0.5) is 0 Å². The summed E-state index contributed by atoms with van der Waals surface area (Å²) in [6.45, 7) is 12.6. The zero-order chi connectivity index (χ0) is 23.5. The van der Waals surface area contributed by atoms with Crippen molar-refractivity contribution in [3.8, 4) is 0 Å². The van der Waals surface area contributed by atoms with Gasteiger partial charge in [0, 0.05) is 5.92 Å². The van der Waals surface area contributed by atoms with Gasteiger partial charge in [0.25, 0.3) is 0 Å². The number of hydrogen-bond donors (Lipinski definition) is 3. The quantitative estimate of drug-likeness (QED) is 0.383. The lowest BCUT2D eigenvalue weighted by Crippen LogP contribution is -2.37. The van der Waals surface area contributed by atoms with Crippen molar-refractivity contribution in [1.82, 2.24) is 0 Å². The summed E-state index contributed by atoms with van der Waals surface area (Å²) < 4.78 is 0. The molecule has 0 radical (unpaired) electrons. The summed E-state index contributed by atoms with van der Waals surface area (Å²) in [5.41, 5.74) is 2.61. The van der Waals surface area contributed by atoms with Gasteiger partial charge in [-0.15, -0.1) is 6.58 Å². The van der Waals surface area contributed by atoms with Crippen LogP contribution < -0.4 is 0 Å². The van der Waals surface area contributed by atoms with Crippen LogP contribution in [-0.4, -0.2) is 33.1 Å². The minimum absolute atomic E-state index is 0.0799. The van der Waals surface area contributed by atoms with E-state index in [9.17, 15) is 15.3 Å². The molecule has 0 heterocycles. The van der Waals surface area contributed by atoms with Crippen molar-refractivity contribution >= 4 is 0 Å². The van der Waals surface area contributed by atoms with Crippen LogP contribution in [0.3, 0.4) is 0 Å². The summed E-state index contributed by atoms with van der Waals surface area (Å²) in [6, 6.07) is 0. The van der Waals surface area contributed by atoms with Crippen molar-refractivity contribution in [2.24, 2.45) is 29.1 Å². The molecular formula is C29H48O3. The fourth-order valence-corrected chi connectivity index (χ4v) is 7.32. The number of aliphatic hydroxyl groups is 3. The third kappa shape index (κ3) is 5.96. The summed E-state index contributed by atoms with van der Waals surface area (Å²) in [6.07, 6.45) is 17.0. The Bertz CT molecular complexity index is 686. The maximum Gasteiger partial charge on any atom is 0.0633 e. The Kier molecular flexibility index (Phi) is 8.50. The molecule has 3 fully saturated rings. The van der Waals surface area contributed by atoms with Crippen LogP contribution >= 0.6 is 0 Å². The van der Waals surface area contributed by atoms with Gasteiger partial charge in [0.15, 0.2) is 0 Å². The largest absolute Gasteiger partial charge is 0.392 e. The average Bonchev–Trinajstić information content (AvgIpc) is 3.05. The number of rotatable bonds is 8. The molecule has 3 rings (SSSR count). The summed E-state index contributed by atoms with van der Waals surface area (Å²) in [5.74, 6) is 2.06. The molecule has 3 N–H and O–H groups in total. The maximum atomic E-state index is 10.5. The van der Waals surface area contributed by atoms with Crippen molar-refractivity contribution < 1.29 is 15.3 Å². The molecule has 0 aromatic rings. The molecule has 0 bridgehead atoms. The summed E-state index contributed by atoms with van der Waals surface area (Å²) in [5, 5.41) is 31.1. The highest BCUT2D eigenvalue weighted by Crippen LogP contribution is 2.60. The molecule has 0 spiro atoms. The molecule has 3 nitrogen and oxygen atoms in total. The molecular weight excluding hydrogens is 396 g/mol. The van der Waals surface area contributed by atoms with E-state index >= 15 is 0 Å². The third-order valence-corrected chi connectivity index (χ3v) is 9.08. The minimum Gasteiger partial charge on any atom is -0.392 e. The van der Waals surface area contributed by atoms with Gasteiger partial charge in [-0.05, 0) is 94.8 Å². The minimum atomic E-state index is -0.554. The van der Waals surface area contributed by atoms with E-state index in [0.717, 1.165) is 18.8 Å². The van der Waals surface area contributed by atoms with Crippen molar-refractivity contribution in [3.63, 3.8) is 0 Å². The Hall–Kier alpha value is -0.900. The van der Waals surface area contributed by atoms with E-state index in [0.29, 0.717) is 36.5 Å². The summed E-state index contributed by atoms with van der Waals surface area (Å²) >= 11 is 0. The van der Waals surface area contributed by atoms with Crippen LogP contribution in [0.5, 0.6) is 0 Å². The van der Waals surface area contributed by atoms with E-state index in [1.807, 2.05) is 13.8 Å². The van der Waals surface area contributed by atoms with Crippen molar-refractivity contribution in [2.75, 3.05) is 0 Å². The van der Waals surface area contributed by atoms with Gasteiger partial charge in [-0.1, -0.05) is 56.1 Å². The Labute approximate surface area is 196 Å². The SMILES string of the molecule is C=CCC1[C@H](O)CC(=C/C=C2\CCC[C@@]3(C)[C@@H]2CC[C@@H]3[C@H](C)CCCC(C)(C)O)C[C@H]1O. The predicted octanol–water partition coefficient (Wildman–Crippen LogP) is 6.34. The van der Waals surface area contributed by atoms with Gasteiger partial charge in [0.05, 0.1) is 17.8 Å². The van der Waals surface area contributed by atoms with E-state index in [-0.39, 0.29) is 5.92 Å². The molecule has 0 aromatic carbocycles. The second-order valence-corrected chi connectivity index (χ2v) is 12.1. The van der Waals surface area contributed by atoms with Crippen molar-refractivity contribution in [2.45, 2.75) is 116 Å². The molecule has 6 atom stereocenters. The van der Waals surface area contributed by atoms with E-state index < -0.39 is 17.8 Å². The van der Waals surface area contributed by atoms with Crippen molar-refractivity contribution in [3.05, 3.63) is 36.0 Å². The number of aliphatic hydroxyl groups excluding tert-OH is 2. The first kappa shape index (κ1) is 25.7. The Morgan fingerprint density at radius 2 is 1.84 bits per heavy atom. The molecule has 3 aliphatic rings. The second kappa shape index (κ2) is 10.6. The normalized spacial score (nSPS) is 37.9. The van der Waals surface area contributed by atoms with Crippen molar-refractivity contribution in [1.29, 1.82) is 0 Å². The van der Waals surface area contributed by atoms with Gasteiger partial charge in [0.1, 0.15) is 0 Å². The second-order valence-electron chi connectivity index (χ2n) is 12.1. The lowest BCUT2D eigenvalue weighted by Gasteiger charge is -2.44. The van der Waals surface area contributed by atoms with Crippen LogP contribution in [0.1, 0.15) is 98.3 Å². The fraction of sp³-hybridized carbons (Fsp3) is 0.793. The van der Waals surface area contributed by atoms with E-state index in [1.165, 1.54) is 44.1 Å². The zero-order valence-corrected chi connectivity index (χ0v) is 21.0. The van der Waals surface area contributed by atoms with Gasteiger partial charge in [-0.2, -0.15) is 0 Å². The smallest absolute Gasteiger partial charge is 0.0633 e. The molecule has 32 heavy (non-hydrogen) atoms. The lowest BCUT2D eigenvalue weighted by atomic mass is 9.60. The molecule has 0 aliphatic heterocycles. The Morgan fingerprint density at radius 1 is 1.16 bits per heavy atom. The molecule has 0 saturated heterocycles. The molecule has 182 valence electrons. The molecule has 0 aromatic heterocycles. The maximum absolute atomic E-state index is 10.5. The molecule has 3 heteroatoms. The average molecular weight is 445 g/mol. The van der Waals surface area contributed by atoms with E-state index in [1.54, 1.807) is 11.6 Å². The molecule has 0 amide bonds. The van der Waals surface area contributed by atoms with Crippen LogP contribution in [0.15, 0.2) is 36.0 Å². The predicted molar refractivity (Wildman–Crippen MR) is 133 cm³/mol. The lowest BCUT2D eigenvalue weighted by molar-refractivity contribution is -0.00375. The first-order chi connectivity index (χ1) is 15.0. The first-order valence-corrected chi connectivity index (χ1v) is 13.1. The highest BCUT2D eigenvalue weighted by Gasteiger charge is 2.50. The molecule has 3 aliphatic carbocycles. The fourth-order valence-electron chi connectivity index (χ4n) is 7.32.